The Morgan fingerprint density at radius 1 is 1.22 bits per heavy atom. The molecule has 0 fully saturated rings. The van der Waals surface area contributed by atoms with Crippen molar-refractivity contribution in [3.05, 3.63) is 0 Å². The van der Waals surface area contributed by atoms with Crippen molar-refractivity contribution in [1.29, 1.82) is 0 Å². The Hall–Kier alpha value is -0.320. The molecular weight excluding hydrogens is 220 g/mol. The molecule has 0 aromatic carbocycles. The zero-order valence-electron chi connectivity index (χ0n) is 4.51. The van der Waals surface area contributed by atoms with Gasteiger partial charge in [0.05, 0.1) is 0 Å². The van der Waals surface area contributed by atoms with Gasteiger partial charge in [0.2, 0.25) is 0 Å². The van der Waals surface area contributed by atoms with Gasteiger partial charge in [0, 0.05) is 17.9 Å². The fraction of sp³-hybridized carbons (Fsp3) is 0.500. The quantitative estimate of drug-likeness (QED) is 0.372. The Morgan fingerprint density at radius 2 is 1.44 bits per heavy atom. The van der Waals surface area contributed by atoms with Crippen LogP contribution in [0.15, 0.2) is 0 Å². The first-order valence-electron chi connectivity index (χ1n) is 1.97. The molecule has 0 amide bonds. The van der Waals surface area contributed by atoms with Gasteiger partial charge in [0.25, 0.3) is 0 Å². The van der Waals surface area contributed by atoms with Gasteiger partial charge >= 0.3 is 22.4 Å². The normalized spacial score (nSPS) is 8.22. The van der Waals surface area contributed by atoms with Gasteiger partial charge in [-0.05, 0) is 0 Å². The van der Waals surface area contributed by atoms with Crippen LogP contribution in [0, 0.1) is 5.92 Å². The molecule has 9 heavy (non-hydrogen) atoms. The summed E-state index contributed by atoms with van der Waals surface area (Å²) in [7, 11) is 0. The molecule has 0 saturated heterocycles. The van der Waals surface area contributed by atoms with E-state index >= 15 is 0 Å². The second-order valence-electron chi connectivity index (χ2n) is 1.36. The fourth-order valence-corrected chi connectivity index (χ4v) is 0.0962. The number of carboxylic acids is 2. The van der Waals surface area contributed by atoms with E-state index in [1.165, 1.54) is 0 Å². The molecule has 5 heteroatoms. The summed E-state index contributed by atoms with van der Waals surface area (Å²) in [6.45, 7) is 0.991. The monoisotopic (exact) mass is 223 g/mol. The summed E-state index contributed by atoms with van der Waals surface area (Å²) in [6.07, 6.45) is 0. The largest absolute Gasteiger partial charge is 2.00 e. The minimum atomic E-state index is -1.62. The van der Waals surface area contributed by atoms with E-state index in [0.717, 1.165) is 6.92 Å². The standard InChI is InChI=1S/C4H6O4.Ag/c1-2(3(5)6)4(7)8;/h2H,1H3,(H,5,6)(H,7,8);/q;+2/p-2. The maximum atomic E-state index is 9.61. The minimum Gasteiger partial charge on any atom is -0.549 e. The van der Waals surface area contributed by atoms with E-state index in [9.17, 15) is 19.8 Å². The van der Waals surface area contributed by atoms with Crippen LogP contribution in [0.5, 0.6) is 0 Å². The third-order valence-electron chi connectivity index (χ3n) is 0.707. The Kier molecular flexibility index (Phi) is 5.80. The van der Waals surface area contributed by atoms with Crippen LogP contribution in [-0.2, 0) is 32.0 Å². The molecule has 1 radical (unpaired) electrons. The topological polar surface area (TPSA) is 80.3 Å². The number of hydrogen-bond donors (Lipinski definition) is 0. The van der Waals surface area contributed by atoms with Crippen molar-refractivity contribution < 1.29 is 42.2 Å². The number of rotatable bonds is 2. The van der Waals surface area contributed by atoms with Crippen molar-refractivity contribution in [3.8, 4) is 0 Å². The first-order valence-corrected chi connectivity index (χ1v) is 1.97. The number of carboxylic acid groups (broad SMARTS) is 2. The first kappa shape index (κ1) is 11.5. The third-order valence-corrected chi connectivity index (χ3v) is 0.707. The molecule has 55 valence electrons. The number of carbonyl (C=O) groups excluding carboxylic acids is 2. The zero-order chi connectivity index (χ0) is 6.73. The summed E-state index contributed by atoms with van der Waals surface area (Å²) < 4.78 is 0. The molecule has 0 saturated carbocycles. The zero-order valence-corrected chi connectivity index (χ0v) is 5.99. The van der Waals surface area contributed by atoms with Gasteiger partial charge in [0.15, 0.2) is 0 Å². The van der Waals surface area contributed by atoms with E-state index in [1.807, 2.05) is 0 Å². The summed E-state index contributed by atoms with van der Waals surface area (Å²) in [6, 6.07) is 0. The Balaban J connectivity index is 0. The molecule has 0 heterocycles. The van der Waals surface area contributed by atoms with E-state index in [2.05, 4.69) is 0 Å². The van der Waals surface area contributed by atoms with Crippen molar-refractivity contribution in [2.45, 2.75) is 6.92 Å². The van der Waals surface area contributed by atoms with Crippen LogP contribution >= 0.6 is 0 Å². The first-order chi connectivity index (χ1) is 3.55. The van der Waals surface area contributed by atoms with Crippen LogP contribution in [0.3, 0.4) is 0 Å². The molecule has 0 aliphatic rings. The smallest absolute Gasteiger partial charge is 0.549 e. The van der Waals surface area contributed by atoms with Gasteiger partial charge < -0.3 is 19.8 Å². The van der Waals surface area contributed by atoms with E-state index in [1.54, 1.807) is 0 Å². The minimum absolute atomic E-state index is 0. The fourth-order valence-electron chi connectivity index (χ4n) is 0.0962. The molecule has 0 spiro atoms. The van der Waals surface area contributed by atoms with Crippen molar-refractivity contribution >= 4 is 11.9 Å². The average molecular weight is 224 g/mol. The number of carbonyl (C=O) groups is 2. The Bertz CT molecular complexity index is 108. The SMILES string of the molecule is CC(C(=O)[O-])C(=O)[O-].[Ag+2]. The predicted molar refractivity (Wildman–Crippen MR) is 19.2 cm³/mol. The van der Waals surface area contributed by atoms with E-state index in [4.69, 9.17) is 0 Å². The molecule has 0 bridgehead atoms. The van der Waals surface area contributed by atoms with Crippen LogP contribution in [0.2, 0.25) is 0 Å². The maximum absolute atomic E-state index is 9.61. The second kappa shape index (κ2) is 4.55. The van der Waals surface area contributed by atoms with Gasteiger partial charge in [-0.25, -0.2) is 0 Å². The van der Waals surface area contributed by atoms with Gasteiger partial charge in [-0.2, -0.15) is 0 Å². The molecule has 0 rings (SSSR count). The van der Waals surface area contributed by atoms with E-state index in [-0.39, 0.29) is 22.4 Å². The van der Waals surface area contributed by atoms with E-state index in [0.29, 0.717) is 0 Å². The van der Waals surface area contributed by atoms with Gasteiger partial charge in [0.1, 0.15) is 0 Å². The third kappa shape index (κ3) is 4.20. The van der Waals surface area contributed by atoms with E-state index < -0.39 is 17.9 Å². The Morgan fingerprint density at radius 3 is 1.44 bits per heavy atom. The van der Waals surface area contributed by atoms with Crippen LogP contribution in [0.4, 0.5) is 0 Å². The molecule has 0 N–H and O–H groups in total. The van der Waals surface area contributed by atoms with Crippen molar-refractivity contribution in [1.82, 2.24) is 0 Å². The predicted octanol–water partition coefficient (Wildman–Crippen LogP) is -2.88. The summed E-state index contributed by atoms with van der Waals surface area (Å²) in [5, 5.41) is 19.2. The van der Waals surface area contributed by atoms with Crippen molar-refractivity contribution in [2.24, 2.45) is 5.92 Å². The Labute approximate surface area is 67.4 Å². The molecule has 0 unspecified atom stereocenters. The number of hydrogen-bond acceptors (Lipinski definition) is 4. The summed E-state index contributed by atoms with van der Waals surface area (Å²) in [5.74, 6) is -4.76. The molecule has 0 atom stereocenters. The van der Waals surface area contributed by atoms with Crippen molar-refractivity contribution in [2.75, 3.05) is 0 Å². The molecule has 0 aromatic rings. The molecular formula is C4H4AgO4. The second-order valence-corrected chi connectivity index (χ2v) is 1.36. The molecule has 0 aromatic heterocycles. The van der Waals surface area contributed by atoms with Gasteiger partial charge in [-0.1, -0.05) is 6.92 Å². The van der Waals surface area contributed by atoms with Crippen LogP contribution in [0.25, 0.3) is 0 Å². The van der Waals surface area contributed by atoms with Gasteiger partial charge in [-0.3, -0.25) is 0 Å². The van der Waals surface area contributed by atoms with Crippen LogP contribution < -0.4 is 10.2 Å². The van der Waals surface area contributed by atoms with Crippen molar-refractivity contribution in [3.63, 3.8) is 0 Å². The maximum Gasteiger partial charge on any atom is 2.00 e. The summed E-state index contributed by atoms with van der Waals surface area (Å²) >= 11 is 0. The van der Waals surface area contributed by atoms with Gasteiger partial charge in [-0.15, -0.1) is 0 Å². The molecule has 0 aliphatic carbocycles. The average Bonchev–Trinajstić information content (AvgIpc) is 1.64. The number of aliphatic carboxylic acids is 2. The summed E-state index contributed by atoms with van der Waals surface area (Å²) in [5.41, 5.74) is 0. The molecule has 4 nitrogen and oxygen atoms in total. The molecule has 0 aliphatic heterocycles. The van der Waals surface area contributed by atoms with Crippen LogP contribution in [0.1, 0.15) is 6.92 Å². The van der Waals surface area contributed by atoms with Crippen LogP contribution in [-0.4, -0.2) is 11.9 Å². The summed E-state index contributed by atoms with van der Waals surface area (Å²) in [4.78, 5) is 19.2.